The van der Waals surface area contributed by atoms with Gasteiger partial charge in [-0.15, -0.1) is 0 Å². The summed E-state index contributed by atoms with van der Waals surface area (Å²) in [4.78, 5) is 4.80. The van der Waals surface area contributed by atoms with Crippen LogP contribution in [0, 0.1) is 6.92 Å². The first-order valence-electron chi connectivity index (χ1n) is 9.75. The van der Waals surface area contributed by atoms with E-state index >= 15 is 0 Å². The Hall–Kier alpha value is -1.92. The molecule has 0 saturated carbocycles. The van der Waals surface area contributed by atoms with Crippen LogP contribution in [0.15, 0.2) is 41.3 Å². The molecule has 2 aromatic rings. The van der Waals surface area contributed by atoms with Crippen molar-refractivity contribution in [2.45, 2.75) is 56.4 Å². The zero-order valence-corrected chi connectivity index (χ0v) is 16.5. The van der Waals surface area contributed by atoms with Crippen molar-refractivity contribution in [2.75, 3.05) is 13.1 Å². The molecular weight excluding hydrogens is 360 g/mol. The van der Waals surface area contributed by atoms with Gasteiger partial charge in [0, 0.05) is 24.8 Å². The van der Waals surface area contributed by atoms with E-state index in [0.717, 1.165) is 25.0 Å². The zero-order valence-electron chi connectivity index (χ0n) is 15.7. The van der Waals surface area contributed by atoms with E-state index in [2.05, 4.69) is 4.98 Å². The highest BCUT2D eigenvalue weighted by atomic mass is 32.2. The Balaban J connectivity index is 1.42. The van der Waals surface area contributed by atoms with Gasteiger partial charge in [0.1, 0.15) is 6.10 Å². The lowest BCUT2D eigenvalue weighted by Gasteiger charge is -2.31. The number of hydrogen-bond donors (Lipinski definition) is 0. The number of aromatic nitrogens is 1. The first-order chi connectivity index (χ1) is 13.0. The van der Waals surface area contributed by atoms with Crippen LogP contribution in [0.5, 0.6) is 5.88 Å². The number of benzene rings is 1. The average molecular weight is 387 g/mol. The molecule has 0 bridgehead atoms. The number of hydrogen-bond acceptors (Lipinski definition) is 4. The molecule has 27 heavy (non-hydrogen) atoms. The van der Waals surface area contributed by atoms with Crippen molar-refractivity contribution in [3.05, 3.63) is 53.2 Å². The zero-order chi connectivity index (χ0) is 18.9. The molecule has 0 N–H and O–H groups in total. The fourth-order valence-corrected chi connectivity index (χ4v) is 5.48. The molecule has 4 rings (SSSR count). The molecule has 1 aliphatic heterocycles. The van der Waals surface area contributed by atoms with Crippen molar-refractivity contribution < 1.29 is 13.2 Å². The van der Waals surface area contributed by atoms with Gasteiger partial charge in [0.05, 0.1) is 4.90 Å². The molecule has 0 spiro atoms. The maximum atomic E-state index is 13.1. The molecule has 144 valence electrons. The van der Waals surface area contributed by atoms with Crippen LogP contribution >= 0.6 is 0 Å². The van der Waals surface area contributed by atoms with Crippen molar-refractivity contribution in [3.63, 3.8) is 0 Å². The SMILES string of the molecule is Cc1cccc(OC2CCN(S(=O)(=O)c3ccc4c(c3)CCCC4)CC2)n1. The molecule has 2 aliphatic rings. The molecule has 0 atom stereocenters. The van der Waals surface area contributed by atoms with Gasteiger partial charge in [-0.3, -0.25) is 0 Å². The van der Waals surface area contributed by atoms with Crippen LogP contribution in [-0.2, 0) is 22.9 Å². The van der Waals surface area contributed by atoms with Crippen molar-refractivity contribution in [1.29, 1.82) is 0 Å². The summed E-state index contributed by atoms with van der Waals surface area (Å²) in [7, 11) is -3.44. The summed E-state index contributed by atoms with van der Waals surface area (Å²) in [6, 6.07) is 11.4. The number of rotatable bonds is 4. The first kappa shape index (κ1) is 18.4. The number of fused-ring (bicyclic) bond motifs is 1. The van der Waals surface area contributed by atoms with E-state index in [9.17, 15) is 8.42 Å². The molecule has 5 nitrogen and oxygen atoms in total. The second kappa shape index (κ2) is 7.60. The molecule has 1 fully saturated rings. The van der Waals surface area contributed by atoms with Crippen LogP contribution in [0.3, 0.4) is 0 Å². The van der Waals surface area contributed by atoms with E-state index in [1.807, 2.05) is 37.3 Å². The number of ether oxygens (including phenoxy) is 1. The Morgan fingerprint density at radius 1 is 1.04 bits per heavy atom. The Bertz CT molecular complexity index is 919. The van der Waals surface area contributed by atoms with E-state index in [1.54, 1.807) is 10.4 Å². The van der Waals surface area contributed by atoms with Crippen molar-refractivity contribution in [3.8, 4) is 5.88 Å². The fourth-order valence-electron chi connectivity index (χ4n) is 3.96. The van der Waals surface area contributed by atoms with E-state index in [-0.39, 0.29) is 6.10 Å². The second-order valence-corrected chi connectivity index (χ2v) is 9.41. The summed E-state index contributed by atoms with van der Waals surface area (Å²) in [6.07, 6.45) is 5.76. The van der Waals surface area contributed by atoms with Gasteiger partial charge in [-0.2, -0.15) is 4.31 Å². The summed E-state index contributed by atoms with van der Waals surface area (Å²) in [5, 5.41) is 0. The van der Waals surface area contributed by atoms with Gasteiger partial charge in [-0.25, -0.2) is 13.4 Å². The van der Waals surface area contributed by atoms with Crippen LogP contribution in [-0.4, -0.2) is 36.9 Å². The number of piperidine rings is 1. The van der Waals surface area contributed by atoms with Gasteiger partial charge in [-0.05, 0) is 74.8 Å². The van der Waals surface area contributed by atoms with Gasteiger partial charge in [-0.1, -0.05) is 12.1 Å². The van der Waals surface area contributed by atoms with Crippen LogP contribution in [0.1, 0.15) is 42.5 Å². The summed E-state index contributed by atoms with van der Waals surface area (Å²) >= 11 is 0. The highest BCUT2D eigenvalue weighted by Gasteiger charge is 2.30. The van der Waals surface area contributed by atoms with Gasteiger partial charge in [0.15, 0.2) is 0 Å². The van der Waals surface area contributed by atoms with Crippen LogP contribution in [0.4, 0.5) is 0 Å². The lowest BCUT2D eigenvalue weighted by atomic mass is 9.92. The summed E-state index contributed by atoms with van der Waals surface area (Å²) in [6.45, 7) is 2.90. The monoisotopic (exact) mass is 386 g/mol. The van der Waals surface area contributed by atoms with E-state index < -0.39 is 10.0 Å². The number of pyridine rings is 1. The summed E-state index contributed by atoms with van der Waals surface area (Å²) in [5.74, 6) is 0.617. The maximum absolute atomic E-state index is 13.1. The molecule has 6 heteroatoms. The van der Waals surface area contributed by atoms with Crippen LogP contribution < -0.4 is 4.74 Å². The standard InChI is InChI=1S/C21H26N2O3S/c1-16-5-4-8-21(22-16)26-19-11-13-23(14-12-19)27(24,25)20-10-9-17-6-2-3-7-18(17)15-20/h4-5,8-10,15,19H,2-3,6-7,11-14H2,1H3. The highest BCUT2D eigenvalue weighted by molar-refractivity contribution is 7.89. The second-order valence-electron chi connectivity index (χ2n) is 7.48. The molecule has 1 aliphatic carbocycles. The Kier molecular flexibility index (Phi) is 5.19. The molecular formula is C21H26N2O3S. The Morgan fingerprint density at radius 2 is 1.78 bits per heavy atom. The number of sulfonamides is 1. The lowest BCUT2D eigenvalue weighted by Crippen LogP contribution is -2.41. The Morgan fingerprint density at radius 3 is 2.52 bits per heavy atom. The fraction of sp³-hybridized carbons (Fsp3) is 0.476. The minimum Gasteiger partial charge on any atom is -0.474 e. The highest BCUT2D eigenvalue weighted by Crippen LogP contribution is 2.27. The van der Waals surface area contributed by atoms with Crippen molar-refractivity contribution in [2.24, 2.45) is 0 Å². The molecule has 1 saturated heterocycles. The Labute approximate surface area is 161 Å². The van der Waals surface area contributed by atoms with E-state index in [0.29, 0.717) is 36.7 Å². The van der Waals surface area contributed by atoms with E-state index in [1.165, 1.54) is 17.5 Å². The predicted octanol–water partition coefficient (Wildman–Crippen LogP) is 3.50. The van der Waals surface area contributed by atoms with Gasteiger partial charge in [0.2, 0.25) is 15.9 Å². The van der Waals surface area contributed by atoms with Gasteiger partial charge < -0.3 is 4.74 Å². The third kappa shape index (κ3) is 4.01. The third-order valence-corrected chi connectivity index (χ3v) is 7.40. The van der Waals surface area contributed by atoms with Crippen molar-refractivity contribution >= 4 is 10.0 Å². The number of nitrogens with zero attached hydrogens (tertiary/aromatic N) is 2. The predicted molar refractivity (Wildman–Crippen MR) is 104 cm³/mol. The third-order valence-electron chi connectivity index (χ3n) is 5.51. The normalized spacial score (nSPS) is 18.9. The topological polar surface area (TPSA) is 59.5 Å². The number of aryl methyl sites for hydroxylation is 3. The quantitative estimate of drug-likeness (QED) is 0.807. The molecule has 0 amide bonds. The minimum absolute atomic E-state index is 0.00860. The molecule has 1 aromatic heterocycles. The van der Waals surface area contributed by atoms with Gasteiger partial charge in [0.25, 0.3) is 0 Å². The first-order valence-corrected chi connectivity index (χ1v) is 11.2. The van der Waals surface area contributed by atoms with Crippen LogP contribution in [0.25, 0.3) is 0 Å². The van der Waals surface area contributed by atoms with Crippen molar-refractivity contribution in [1.82, 2.24) is 9.29 Å². The largest absolute Gasteiger partial charge is 0.474 e. The molecule has 0 radical (unpaired) electrons. The van der Waals surface area contributed by atoms with Gasteiger partial charge >= 0.3 is 0 Å². The molecule has 2 heterocycles. The van der Waals surface area contributed by atoms with E-state index in [4.69, 9.17) is 4.74 Å². The minimum atomic E-state index is -3.44. The molecule has 1 aromatic carbocycles. The maximum Gasteiger partial charge on any atom is 0.243 e. The summed E-state index contributed by atoms with van der Waals surface area (Å²) in [5.41, 5.74) is 3.42. The molecule has 0 unspecified atom stereocenters. The smallest absolute Gasteiger partial charge is 0.243 e. The average Bonchev–Trinajstić information content (AvgIpc) is 2.68. The lowest BCUT2D eigenvalue weighted by molar-refractivity contribution is 0.129. The van der Waals surface area contributed by atoms with Crippen LogP contribution in [0.2, 0.25) is 0 Å². The summed E-state index contributed by atoms with van der Waals surface area (Å²) < 4.78 is 33.7.